The van der Waals surface area contributed by atoms with Gasteiger partial charge in [-0.15, -0.1) is 23.1 Å². The number of anilines is 1. The van der Waals surface area contributed by atoms with Crippen LogP contribution in [0.4, 0.5) is 5.13 Å². The fourth-order valence-electron chi connectivity index (χ4n) is 3.53. The summed E-state index contributed by atoms with van der Waals surface area (Å²) in [5.74, 6) is 0.564. The molecule has 2 unspecified atom stereocenters. The molecule has 4 rings (SSSR count). The number of carbonyl (C=O) groups excluding carboxylic acids is 2. The molecule has 1 aromatic carbocycles. The molecule has 0 spiro atoms. The van der Waals surface area contributed by atoms with Gasteiger partial charge in [0.1, 0.15) is 6.04 Å². The first-order valence-corrected chi connectivity index (χ1v) is 11.0. The SMILES string of the molecule is Cc1sc(NC(=O)C2CSC3(C)CCC(=O)N23)nc1-c1ccc(Br)cc1. The molecular weight excluding hydrogens is 434 g/mol. The number of amides is 2. The summed E-state index contributed by atoms with van der Waals surface area (Å²) in [6, 6.07) is 7.53. The molecule has 2 saturated heterocycles. The van der Waals surface area contributed by atoms with Gasteiger partial charge in [0.05, 0.1) is 10.6 Å². The van der Waals surface area contributed by atoms with E-state index < -0.39 is 6.04 Å². The molecule has 26 heavy (non-hydrogen) atoms. The Morgan fingerprint density at radius 2 is 2.12 bits per heavy atom. The summed E-state index contributed by atoms with van der Waals surface area (Å²) in [5.41, 5.74) is 1.89. The van der Waals surface area contributed by atoms with Gasteiger partial charge in [0, 0.05) is 27.1 Å². The van der Waals surface area contributed by atoms with Gasteiger partial charge < -0.3 is 10.2 Å². The van der Waals surface area contributed by atoms with Crippen LogP contribution >= 0.6 is 39.0 Å². The highest BCUT2D eigenvalue weighted by Crippen LogP contribution is 2.47. The number of benzene rings is 1. The minimum absolute atomic E-state index is 0.0727. The van der Waals surface area contributed by atoms with Crippen LogP contribution in [0.3, 0.4) is 0 Å². The van der Waals surface area contributed by atoms with Gasteiger partial charge in [-0.25, -0.2) is 4.98 Å². The lowest BCUT2D eigenvalue weighted by Gasteiger charge is -2.29. The van der Waals surface area contributed by atoms with Crippen molar-refractivity contribution in [3.63, 3.8) is 0 Å². The number of aromatic nitrogens is 1. The zero-order valence-corrected chi connectivity index (χ0v) is 17.6. The van der Waals surface area contributed by atoms with E-state index in [1.165, 1.54) is 11.3 Å². The zero-order valence-electron chi connectivity index (χ0n) is 14.4. The van der Waals surface area contributed by atoms with E-state index >= 15 is 0 Å². The Balaban J connectivity index is 1.53. The second-order valence-electron chi connectivity index (χ2n) is 6.69. The first-order chi connectivity index (χ1) is 12.4. The van der Waals surface area contributed by atoms with Gasteiger partial charge in [-0.05, 0) is 32.4 Å². The maximum atomic E-state index is 12.8. The van der Waals surface area contributed by atoms with Crippen LogP contribution in [-0.4, -0.2) is 38.4 Å². The monoisotopic (exact) mass is 451 g/mol. The van der Waals surface area contributed by atoms with E-state index in [2.05, 4.69) is 33.2 Å². The Morgan fingerprint density at radius 3 is 2.85 bits per heavy atom. The topological polar surface area (TPSA) is 62.3 Å². The average Bonchev–Trinajstić information content (AvgIpc) is 3.22. The minimum Gasteiger partial charge on any atom is -0.315 e. The number of thioether (sulfide) groups is 1. The molecule has 136 valence electrons. The molecule has 3 heterocycles. The quantitative estimate of drug-likeness (QED) is 0.756. The summed E-state index contributed by atoms with van der Waals surface area (Å²) >= 11 is 6.59. The zero-order chi connectivity index (χ0) is 18.5. The van der Waals surface area contributed by atoms with Gasteiger partial charge in [-0.2, -0.15) is 0 Å². The third kappa shape index (κ3) is 3.08. The summed E-state index contributed by atoms with van der Waals surface area (Å²) in [6.45, 7) is 4.05. The van der Waals surface area contributed by atoms with E-state index in [0.29, 0.717) is 17.3 Å². The average molecular weight is 452 g/mol. The highest BCUT2D eigenvalue weighted by atomic mass is 79.9. The van der Waals surface area contributed by atoms with E-state index in [4.69, 9.17) is 0 Å². The molecule has 1 aromatic heterocycles. The van der Waals surface area contributed by atoms with Crippen LogP contribution in [0, 0.1) is 6.92 Å². The van der Waals surface area contributed by atoms with Gasteiger partial charge in [0.25, 0.3) is 0 Å². The number of halogens is 1. The molecule has 0 radical (unpaired) electrons. The molecule has 5 nitrogen and oxygen atoms in total. The molecule has 0 aliphatic carbocycles. The Kier molecular flexibility index (Phi) is 4.61. The molecule has 0 saturated carbocycles. The van der Waals surface area contributed by atoms with Gasteiger partial charge in [0.15, 0.2) is 5.13 Å². The molecule has 2 aliphatic rings. The minimum atomic E-state index is -0.416. The largest absolute Gasteiger partial charge is 0.315 e. The normalized spacial score (nSPS) is 24.8. The van der Waals surface area contributed by atoms with Gasteiger partial charge in [-0.1, -0.05) is 28.1 Å². The standard InChI is InChI=1S/C18H18BrN3O2S2/c1-10-15(11-3-5-12(19)6-4-11)20-17(26-10)21-16(24)13-9-25-18(2)8-7-14(23)22(13)18/h3-6,13H,7-9H2,1-2H3,(H,20,21,24). The molecule has 1 N–H and O–H groups in total. The third-order valence-electron chi connectivity index (χ3n) is 4.89. The number of nitrogens with zero attached hydrogens (tertiary/aromatic N) is 2. The van der Waals surface area contributed by atoms with Crippen LogP contribution in [0.15, 0.2) is 28.7 Å². The van der Waals surface area contributed by atoms with Crippen molar-refractivity contribution in [2.45, 2.75) is 37.6 Å². The van der Waals surface area contributed by atoms with Crippen LogP contribution in [0.25, 0.3) is 11.3 Å². The number of nitrogens with one attached hydrogen (secondary N) is 1. The van der Waals surface area contributed by atoms with Crippen molar-refractivity contribution in [3.8, 4) is 11.3 Å². The van der Waals surface area contributed by atoms with Crippen molar-refractivity contribution in [1.82, 2.24) is 9.88 Å². The summed E-state index contributed by atoms with van der Waals surface area (Å²) in [4.78, 5) is 32.2. The van der Waals surface area contributed by atoms with Crippen LogP contribution in [0.2, 0.25) is 0 Å². The van der Waals surface area contributed by atoms with E-state index in [1.54, 1.807) is 16.7 Å². The van der Waals surface area contributed by atoms with Crippen molar-refractivity contribution < 1.29 is 9.59 Å². The summed E-state index contributed by atoms with van der Waals surface area (Å²) in [5, 5.41) is 3.51. The number of carbonyl (C=O) groups is 2. The molecule has 2 amide bonds. The number of thiazole rings is 1. The number of hydrogen-bond donors (Lipinski definition) is 1. The fraction of sp³-hybridized carbons (Fsp3) is 0.389. The molecule has 2 atom stereocenters. The number of hydrogen-bond acceptors (Lipinski definition) is 5. The number of aryl methyl sites for hydroxylation is 1. The Labute approximate surface area is 168 Å². The lowest BCUT2D eigenvalue weighted by molar-refractivity contribution is -0.135. The molecule has 0 bridgehead atoms. The van der Waals surface area contributed by atoms with Crippen LogP contribution in [0.5, 0.6) is 0 Å². The fourth-order valence-corrected chi connectivity index (χ4v) is 6.06. The van der Waals surface area contributed by atoms with Gasteiger partial charge in [-0.3, -0.25) is 9.59 Å². The molecule has 2 aromatic rings. The summed E-state index contributed by atoms with van der Waals surface area (Å²) in [7, 11) is 0. The maximum Gasteiger partial charge on any atom is 0.249 e. The molecule has 2 fully saturated rings. The second-order valence-corrected chi connectivity index (χ2v) is 10.3. The van der Waals surface area contributed by atoms with Crippen LogP contribution < -0.4 is 5.32 Å². The van der Waals surface area contributed by atoms with Gasteiger partial charge >= 0.3 is 0 Å². The lowest BCUT2D eigenvalue weighted by Crippen LogP contribution is -2.48. The Morgan fingerprint density at radius 1 is 1.38 bits per heavy atom. The predicted octanol–water partition coefficient (Wildman–Crippen LogP) is 4.27. The first kappa shape index (κ1) is 18.0. The Hall–Kier alpha value is -1.38. The van der Waals surface area contributed by atoms with E-state index in [0.717, 1.165) is 27.0 Å². The third-order valence-corrected chi connectivity index (χ3v) is 7.81. The summed E-state index contributed by atoms with van der Waals surface area (Å²) < 4.78 is 1.01. The molecule has 2 aliphatic heterocycles. The van der Waals surface area contributed by atoms with Crippen molar-refractivity contribution in [2.24, 2.45) is 0 Å². The van der Waals surface area contributed by atoms with Crippen molar-refractivity contribution >= 4 is 56.0 Å². The molecule has 8 heteroatoms. The van der Waals surface area contributed by atoms with Crippen molar-refractivity contribution in [1.29, 1.82) is 0 Å². The predicted molar refractivity (Wildman–Crippen MR) is 109 cm³/mol. The van der Waals surface area contributed by atoms with E-state index in [-0.39, 0.29) is 16.7 Å². The first-order valence-electron chi connectivity index (χ1n) is 8.38. The van der Waals surface area contributed by atoms with Crippen LogP contribution in [-0.2, 0) is 9.59 Å². The second kappa shape index (κ2) is 6.65. The van der Waals surface area contributed by atoms with Crippen LogP contribution in [0.1, 0.15) is 24.6 Å². The van der Waals surface area contributed by atoms with E-state index in [1.807, 2.05) is 31.2 Å². The van der Waals surface area contributed by atoms with Crippen molar-refractivity contribution in [3.05, 3.63) is 33.6 Å². The summed E-state index contributed by atoms with van der Waals surface area (Å²) in [6.07, 6.45) is 1.34. The number of rotatable bonds is 3. The smallest absolute Gasteiger partial charge is 0.249 e. The van der Waals surface area contributed by atoms with Gasteiger partial charge in [0.2, 0.25) is 11.8 Å². The highest BCUT2D eigenvalue weighted by Gasteiger charge is 2.52. The Bertz CT molecular complexity index is 883. The lowest BCUT2D eigenvalue weighted by atomic mass is 10.1. The molecular formula is C18H18BrN3O2S2. The van der Waals surface area contributed by atoms with Crippen molar-refractivity contribution in [2.75, 3.05) is 11.1 Å². The number of fused-ring (bicyclic) bond motifs is 1. The maximum absolute atomic E-state index is 12.8. The van der Waals surface area contributed by atoms with E-state index in [9.17, 15) is 9.59 Å². The highest BCUT2D eigenvalue weighted by molar-refractivity contribution is 9.10.